The quantitative estimate of drug-likeness (QED) is 0.0701. The van der Waals surface area contributed by atoms with E-state index in [4.69, 9.17) is 21.9 Å². The zero-order chi connectivity index (χ0) is 23.1. The zero-order valence-corrected chi connectivity index (χ0v) is 17.7. The van der Waals surface area contributed by atoms with Gasteiger partial charge in [0.1, 0.15) is 0 Å². The molecular formula is C19H34N6O5. The van der Waals surface area contributed by atoms with E-state index < -0.39 is 35.8 Å². The van der Waals surface area contributed by atoms with Crippen LogP contribution >= 0.6 is 0 Å². The van der Waals surface area contributed by atoms with Crippen molar-refractivity contribution in [2.45, 2.75) is 50.6 Å². The van der Waals surface area contributed by atoms with Crippen LogP contribution in [0.15, 0.2) is 17.6 Å². The molecule has 0 spiro atoms. The van der Waals surface area contributed by atoms with Crippen LogP contribution in [0.25, 0.3) is 0 Å². The molecule has 0 radical (unpaired) electrons. The molecule has 11 nitrogen and oxygen atoms in total. The summed E-state index contributed by atoms with van der Waals surface area (Å²) in [7, 11) is 2.80. The lowest BCUT2D eigenvalue weighted by Gasteiger charge is -2.21. The van der Waals surface area contributed by atoms with Gasteiger partial charge >= 0.3 is 5.97 Å². The summed E-state index contributed by atoms with van der Waals surface area (Å²) in [4.78, 5) is 51.6. The van der Waals surface area contributed by atoms with Crippen LogP contribution < -0.4 is 27.8 Å². The number of rotatable bonds is 15. The smallest absolute Gasteiger partial charge is 0.309 e. The second-order valence-corrected chi connectivity index (χ2v) is 6.77. The topological polar surface area (TPSA) is 192 Å². The number of nitrogens with one attached hydrogen (secondary N) is 2. The molecule has 0 aliphatic heterocycles. The summed E-state index contributed by atoms with van der Waals surface area (Å²) in [5, 5.41) is 5.43. The monoisotopic (exact) mass is 426 g/mol. The third kappa shape index (κ3) is 11.1. The summed E-state index contributed by atoms with van der Waals surface area (Å²) >= 11 is 0. The summed E-state index contributed by atoms with van der Waals surface area (Å²) in [5.41, 5.74) is 16.3. The Labute approximate surface area is 176 Å². The lowest BCUT2D eigenvalue weighted by molar-refractivity contribution is -0.147. The number of primary amides is 1. The SMILES string of the molecule is C=CC[C@H](NC(=O)[C@@H](N)CCC(N)=O)C(=O)C[C@@H](CCCNC(N)=NC)C(=O)OC. The Morgan fingerprint density at radius 3 is 2.40 bits per heavy atom. The highest BCUT2D eigenvalue weighted by molar-refractivity contribution is 5.93. The first-order valence-electron chi connectivity index (χ1n) is 9.68. The average molecular weight is 427 g/mol. The summed E-state index contributed by atoms with van der Waals surface area (Å²) in [5.74, 6) is -2.39. The first-order valence-corrected chi connectivity index (χ1v) is 9.68. The lowest BCUT2D eigenvalue weighted by Crippen LogP contribution is -2.49. The summed E-state index contributed by atoms with van der Waals surface area (Å²) in [6.45, 7) is 4.07. The molecular weight excluding hydrogens is 392 g/mol. The van der Waals surface area contributed by atoms with Crippen molar-refractivity contribution >= 4 is 29.5 Å². The van der Waals surface area contributed by atoms with Crippen LogP contribution in [0.1, 0.15) is 38.5 Å². The number of ether oxygens (including phenoxy) is 1. The second kappa shape index (κ2) is 15.0. The predicted molar refractivity (Wildman–Crippen MR) is 113 cm³/mol. The molecule has 2 amide bonds. The lowest BCUT2D eigenvalue weighted by atomic mass is 9.93. The molecule has 0 unspecified atom stereocenters. The molecule has 0 aromatic carbocycles. The molecule has 0 aliphatic carbocycles. The van der Waals surface area contributed by atoms with Crippen molar-refractivity contribution in [1.29, 1.82) is 0 Å². The fourth-order valence-corrected chi connectivity index (χ4v) is 2.64. The number of hydrogen-bond acceptors (Lipinski definition) is 7. The largest absolute Gasteiger partial charge is 0.469 e. The molecule has 11 heteroatoms. The Bertz CT molecular complexity index is 637. The molecule has 0 heterocycles. The number of nitrogens with zero attached hydrogens (tertiary/aromatic N) is 1. The van der Waals surface area contributed by atoms with Crippen molar-refractivity contribution in [2.24, 2.45) is 28.1 Å². The summed E-state index contributed by atoms with van der Waals surface area (Å²) in [6, 6.07) is -1.87. The Morgan fingerprint density at radius 1 is 1.20 bits per heavy atom. The number of esters is 1. The van der Waals surface area contributed by atoms with E-state index in [0.29, 0.717) is 19.4 Å². The van der Waals surface area contributed by atoms with Crippen LogP contribution in [0.4, 0.5) is 0 Å². The van der Waals surface area contributed by atoms with Gasteiger partial charge in [0.05, 0.1) is 25.1 Å². The standard InChI is InChI=1S/C19H34N6O5/c1-4-6-14(25-17(28)13(20)8-9-16(21)27)15(26)11-12(18(29)30-3)7-5-10-24-19(22)23-2/h4,12-14H,1,5-11,20H2,2-3H3,(H2,21,27)(H,25,28)(H3,22,23,24)/t12-,13+,14+/m1/s1. The van der Waals surface area contributed by atoms with Crippen molar-refractivity contribution in [1.82, 2.24) is 10.6 Å². The second-order valence-electron chi connectivity index (χ2n) is 6.77. The molecule has 0 rings (SSSR count). The fourth-order valence-electron chi connectivity index (χ4n) is 2.64. The van der Waals surface area contributed by atoms with Crippen molar-refractivity contribution in [3.05, 3.63) is 12.7 Å². The number of methoxy groups -OCH3 is 1. The van der Waals surface area contributed by atoms with E-state index in [2.05, 4.69) is 22.2 Å². The number of carbonyl (C=O) groups is 4. The zero-order valence-electron chi connectivity index (χ0n) is 17.7. The maximum Gasteiger partial charge on any atom is 0.309 e. The number of ketones is 1. The fraction of sp³-hybridized carbons (Fsp3) is 0.632. The minimum absolute atomic E-state index is 0.0413. The van der Waals surface area contributed by atoms with Crippen molar-refractivity contribution in [3.8, 4) is 0 Å². The Hall–Kier alpha value is -2.95. The van der Waals surface area contributed by atoms with E-state index in [1.807, 2.05) is 0 Å². The Balaban J connectivity index is 4.93. The maximum atomic E-state index is 12.7. The van der Waals surface area contributed by atoms with Crippen LogP contribution in [0.2, 0.25) is 0 Å². The molecule has 8 N–H and O–H groups in total. The highest BCUT2D eigenvalue weighted by atomic mass is 16.5. The van der Waals surface area contributed by atoms with Gasteiger partial charge in [-0.05, 0) is 25.7 Å². The number of guanidine groups is 1. The molecule has 3 atom stereocenters. The Morgan fingerprint density at radius 2 is 1.87 bits per heavy atom. The van der Waals surface area contributed by atoms with Gasteiger partial charge in [-0.25, -0.2) is 0 Å². The van der Waals surface area contributed by atoms with Crippen molar-refractivity contribution in [2.75, 3.05) is 20.7 Å². The first-order chi connectivity index (χ1) is 14.2. The van der Waals surface area contributed by atoms with Gasteiger partial charge in [0.15, 0.2) is 11.7 Å². The molecule has 170 valence electrons. The number of Topliss-reactive ketones (excluding diaryl/α,β-unsaturated/α-hetero) is 1. The third-order valence-electron chi connectivity index (χ3n) is 4.40. The molecule has 0 aromatic heterocycles. The number of hydrogen-bond donors (Lipinski definition) is 5. The Kier molecular flexibility index (Phi) is 13.5. The van der Waals surface area contributed by atoms with Gasteiger partial charge < -0.3 is 32.6 Å². The minimum atomic E-state index is -0.981. The van der Waals surface area contributed by atoms with Gasteiger partial charge in [-0.2, -0.15) is 0 Å². The third-order valence-corrected chi connectivity index (χ3v) is 4.40. The maximum absolute atomic E-state index is 12.7. The normalized spacial score (nSPS) is 14.2. The minimum Gasteiger partial charge on any atom is -0.469 e. The van der Waals surface area contributed by atoms with Gasteiger partial charge in [0.2, 0.25) is 11.8 Å². The summed E-state index contributed by atoms with van der Waals surface area (Å²) in [6.07, 6.45) is 2.51. The van der Waals surface area contributed by atoms with Gasteiger partial charge in [-0.3, -0.25) is 24.2 Å². The average Bonchev–Trinajstić information content (AvgIpc) is 2.72. The number of carbonyl (C=O) groups excluding carboxylic acids is 4. The van der Waals surface area contributed by atoms with E-state index in [-0.39, 0.29) is 37.4 Å². The van der Waals surface area contributed by atoms with Crippen LogP contribution in [-0.4, -0.2) is 62.3 Å². The van der Waals surface area contributed by atoms with Crippen LogP contribution in [0.5, 0.6) is 0 Å². The van der Waals surface area contributed by atoms with E-state index in [1.165, 1.54) is 13.2 Å². The first kappa shape index (κ1) is 27.0. The number of amides is 2. The van der Waals surface area contributed by atoms with E-state index >= 15 is 0 Å². The summed E-state index contributed by atoms with van der Waals surface area (Å²) < 4.78 is 4.79. The molecule has 0 saturated heterocycles. The molecule has 0 aliphatic rings. The molecule has 0 fully saturated rings. The molecule has 0 saturated carbocycles. The number of aliphatic imine (C=N–C) groups is 1. The van der Waals surface area contributed by atoms with Crippen molar-refractivity contribution in [3.63, 3.8) is 0 Å². The van der Waals surface area contributed by atoms with Crippen LogP contribution in [0, 0.1) is 5.92 Å². The van der Waals surface area contributed by atoms with Crippen LogP contribution in [-0.2, 0) is 23.9 Å². The van der Waals surface area contributed by atoms with Gasteiger partial charge in [0.25, 0.3) is 0 Å². The van der Waals surface area contributed by atoms with E-state index in [9.17, 15) is 19.2 Å². The molecule has 30 heavy (non-hydrogen) atoms. The highest BCUT2D eigenvalue weighted by Crippen LogP contribution is 2.16. The van der Waals surface area contributed by atoms with E-state index in [0.717, 1.165) is 0 Å². The van der Waals surface area contributed by atoms with Gasteiger partial charge in [0, 0.05) is 26.4 Å². The predicted octanol–water partition coefficient (Wildman–Crippen LogP) is -1.30. The van der Waals surface area contributed by atoms with Crippen molar-refractivity contribution < 1.29 is 23.9 Å². The highest BCUT2D eigenvalue weighted by Gasteiger charge is 2.28. The molecule has 0 aromatic rings. The van der Waals surface area contributed by atoms with Crippen LogP contribution in [0.3, 0.4) is 0 Å². The number of nitrogens with two attached hydrogens (primary N) is 3. The van der Waals surface area contributed by atoms with Gasteiger partial charge in [-0.15, -0.1) is 6.58 Å². The van der Waals surface area contributed by atoms with E-state index in [1.54, 1.807) is 7.05 Å². The molecule has 0 bridgehead atoms. The van der Waals surface area contributed by atoms with Gasteiger partial charge in [-0.1, -0.05) is 6.08 Å².